The summed E-state index contributed by atoms with van der Waals surface area (Å²) in [7, 11) is 2.04. The molecule has 138 valence electrons. The van der Waals surface area contributed by atoms with Gasteiger partial charge in [0, 0.05) is 45.1 Å². The van der Waals surface area contributed by atoms with Crippen molar-refractivity contribution >= 4 is 16.9 Å². The number of anilines is 1. The zero-order valence-corrected chi connectivity index (χ0v) is 16.0. The van der Waals surface area contributed by atoms with Crippen LogP contribution in [-0.4, -0.2) is 40.8 Å². The number of ether oxygens (including phenoxy) is 1. The molecule has 0 bridgehead atoms. The van der Waals surface area contributed by atoms with Crippen molar-refractivity contribution in [2.45, 2.75) is 26.7 Å². The van der Waals surface area contributed by atoms with Gasteiger partial charge in [-0.05, 0) is 51.0 Å². The Morgan fingerprint density at radius 1 is 1.04 bits per heavy atom. The first-order valence-electron chi connectivity index (χ1n) is 9.45. The van der Waals surface area contributed by atoms with Crippen LogP contribution < -0.4 is 4.90 Å². The number of imidazole rings is 1. The quantitative estimate of drug-likeness (QED) is 0.703. The number of rotatable bonds is 4. The van der Waals surface area contributed by atoms with E-state index in [4.69, 9.17) is 9.72 Å². The van der Waals surface area contributed by atoms with Gasteiger partial charge in [-0.1, -0.05) is 12.1 Å². The molecule has 1 aliphatic rings. The summed E-state index contributed by atoms with van der Waals surface area (Å²) in [6.07, 6.45) is 4.47. The van der Waals surface area contributed by atoms with Crippen LogP contribution in [0.4, 0.5) is 5.82 Å². The first kappa shape index (κ1) is 18.4. The maximum absolute atomic E-state index is 4.94. The Bertz CT molecular complexity index is 810. The van der Waals surface area contributed by atoms with Crippen molar-refractivity contribution in [2.75, 3.05) is 31.2 Å². The Kier molecular flexibility index (Phi) is 6.23. The van der Waals surface area contributed by atoms with Crippen molar-refractivity contribution in [3.8, 4) is 11.4 Å². The fraction of sp³-hybridized carbons (Fsp3) is 0.429. The van der Waals surface area contributed by atoms with Gasteiger partial charge in [0.15, 0.2) is 0 Å². The molecule has 1 aliphatic heterocycles. The zero-order valence-electron chi connectivity index (χ0n) is 16.0. The van der Waals surface area contributed by atoms with Crippen LogP contribution in [0.2, 0.25) is 0 Å². The summed E-state index contributed by atoms with van der Waals surface area (Å²) in [5.74, 6) is 1.97. The normalized spacial score (nSPS) is 13.5. The summed E-state index contributed by atoms with van der Waals surface area (Å²) >= 11 is 0. The summed E-state index contributed by atoms with van der Waals surface area (Å²) in [6.45, 7) is 8.22. The number of hydrogen-bond donors (Lipinski definition) is 0. The second-order valence-corrected chi connectivity index (χ2v) is 6.38. The minimum atomic E-state index is 0.954. The molecule has 3 aromatic rings. The highest BCUT2D eigenvalue weighted by molar-refractivity contribution is 5.80. The molecule has 2 aromatic heterocycles. The smallest absolute Gasteiger partial charge is 0.142 e. The number of aromatic nitrogens is 3. The Balaban J connectivity index is 0.000000339. The van der Waals surface area contributed by atoms with Crippen LogP contribution in [0.25, 0.3) is 22.4 Å². The molecule has 26 heavy (non-hydrogen) atoms. The van der Waals surface area contributed by atoms with Crippen molar-refractivity contribution in [1.82, 2.24) is 14.5 Å². The van der Waals surface area contributed by atoms with Gasteiger partial charge < -0.3 is 14.2 Å². The Morgan fingerprint density at radius 3 is 2.31 bits per heavy atom. The summed E-state index contributed by atoms with van der Waals surface area (Å²) in [4.78, 5) is 11.5. The number of fused-ring (bicyclic) bond motifs is 1. The van der Waals surface area contributed by atoms with Gasteiger partial charge in [0.25, 0.3) is 0 Å². The molecular weight excluding hydrogens is 324 g/mol. The summed E-state index contributed by atoms with van der Waals surface area (Å²) in [5.41, 5.74) is 3.20. The molecule has 0 aliphatic carbocycles. The van der Waals surface area contributed by atoms with Crippen molar-refractivity contribution in [1.29, 1.82) is 0 Å². The van der Waals surface area contributed by atoms with E-state index in [1.807, 2.05) is 31.4 Å². The first-order valence-corrected chi connectivity index (χ1v) is 9.45. The number of nitrogens with zero attached hydrogens (tertiary/aromatic N) is 4. The maximum Gasteiger partial charge on any atom is 0.142 e. The Hall–Kier alpha value is -2.40. The molecule has 0 unspecified atom stereocenters. The van der Waals surface area contributed by atoms with Gasteiger partial charge >= 0.3 is 0 Å². The van der Waals surface area contributed by atoms with Crippen LogP contribution in [0.3, 0.4) is 0 Å². The molecule has 0 spiro atoms. The SMILES string of the molecule is C1CCOC1.CCN(CC)c1ccc(-c2nc3ccccc3n2C)cn1. The molecule has 0 amide bonds. The third kappa shape index (κ3) is 4.05. The van der Waals surface area contributed by atoms with Crippen molar-refractivity contribution in [2.24, 2.45) is 7.05 Å². The van der Waals surface area contributed by atoms with E-state index in [-0.39, 0.29) is 0 Å². The van der Waals surface area contributed by atoms with Crippen molar-refractivity contribution in [3.63, 3.8) is 0 Å². The van der Waals surface area contributed by atoms with Gasteiger partial charge in [-0.2, -0.15) is 0 Å². The fourth-order valence-corrected chi connectivity index (χ4v) is 3.17. The molecule has 0 atom stereocenters. The van der Waals surface area contributed by atoms with E-state index in [0.29, 0.717) is 0 Å². The second-order valence-electron chi connectivity index (χ2n) is 6.38. The van der Waals surface area contributed by atoms with Crippen LogP contribution in [0.1, 0.15) is 26.7 Å². The zero-order chi connectivity index (χ0) is 18.4. The van der Waals surface area contributed by atoms with Crippen LogP contribution in [-0.2, 0) is 11.8 Å². The average Bonchev–Trinajstić information content (AvgIpc) is 3.36. The van der Waals surface area contributed by atoms with Crippen LogP contribution in [0.15, 0.2) is 42.6 Å². The molecule has 4 rings (SSSR count). The van der Waals surface area contributed by atoms with E-state index < -0.39 is 0 Å². The molecule has 0 N–H and O–H groups in total. The van der Waals surface area contributed by atoms with E-state index >= 15 is 0 Å². The first-order chi connectivity index (χ1) is 12.7. The molecule has 1 fully saturated rings. The Labute approximate surface area is 155 Å². The van der Waals surface area contributed by atoms with Gasteiger partial charge in [-0.3, -0.25) is 0 Å². The molecular formula is C21H28N4O. The van der Waals surface area contributed by atoms with Gasteiger partial charge in [0.2, 0.25) is 0 Å². The van der Waals surface area contributed by atoms with E-state index in [0.717, 1.165) is 54.5 Å². The minimum Gasteiger partial charge on any atom is -0.381 e. The van der Waals surface area contributed by atoms with E-state index in [1.165, 1.54) is 12.8 Å². The number of para-hydroxylation sites is 2. The number of pyridine rings is 1. The summed E-state index contributed by atoms with van der Waals surface area (Å²) in [5, 5.41) is 0. The van der Waals surface area contributed by atoms with Crippen molar-refractivity contribution in [3.05, 3.63) is 42.6 Å². The van der Waals surface area contributed by atoms with Gasteiger partial charge in [0.05, 0.1) is 11.0 Å². The number of aryl methyl sites for hydroxylation is 1. The molecule has 0 radical (unpaired) electrons. The lowest BCUT2D eigenvalue weighted by Crippen LogP contribution is -2.22. The van der Waals surface area contributed by atoms with Crippen LogP contribution in [0, 0.1) is 0 Å². The minimum absolute atomic E-state index is 0.954. The predicted octanol–water partition coefficient (Wildman–Crippen LogP) is 4.28. The van der Waals surface area contributed by atoms with Gasteiger partial charge in [0.1, 0.15) is 11.6 Å². The van der Waals surface area contributed by atoms with Gasteiger partial charge in [-0.25, -0.2) is 9.97 Å². The number of hydrogen-bond acceptors (Lipinski definition) is 4. The molecule has 1 saturated heterocycles. The van der Waals surface area contributed by atoms with E-state index in [9.17, 15) is 0 Å². The van der Waals surface area contributed by atoms with E-state index in [2.05, 4.69) is 46.5 Å². The van der Waals surface area contributed by atoms with Crippen molar-refractivity contribution < 1.29 is 4.74 Å². The largest absolute Gasteiger partial charge is 0.381 e. The fourth-order valence-electron chi connectivity index (χ4n) is 3.17. The predicted molar refractivity (Wildman–Crippen MR) is 108 cm³/mol. The molecule has 0 saturated carbocycles. The second kappa shape index (κ2) is 8.81. The number of benzene rings is 1. The van der Waals surface area contributed by atoms with Crippen LogP contribution >= 0.6 is 0 Å². The molecule has 1 aromatic carbocycles. The standard InChI is InChI=1S/C17H20N4.C4H8O/c1-4-21(5-2)16-11-10-13(12-18-16)17-19-14-8-6-7-9-15(14)20(17)3;1-2-4-5-3-1/h6-12H,4-5H2,1-3H3;1-4H2. The van der Waals surface area contributed by atoms with Crippen LogP contribution in [0.5, 0.6) is 0 Å². The lowest BCUT2D eigenvalue weighted by Gasteiger charge is -2.19. The lowest BCUT2D eigenvalue weighted by atomic mass is 10.2. The highest BCUT2D eigenvalue weighted by Crippen LogP contribution is 2.24. The summed E-state index contributed by atoms with van der Waals surface area (Å²) in [6, 6.07) is 12.3. The summed E-state index contributed by atoms with van der Waals surface area (Å²) < 4.78 is 7.06. The third-order valence-electron chi connectivity index (χ3n) is 4.71. The topological polar surface area (TPSA) is 43.2 Å². The Morgan fingerprint density at radius 2 is 1.77 bits per heavy atom. The van der Waals surface area contributed by atoms with E-state index in [1.54, 1.807) is 0 Å². The molecule has 5 nitrogen and oxygen atoms in total. The molecule has 3 heterocycles. The monoisotopic (exact) mass is 352 g/mol. The highest BCUT2D eigenvalue weighted by atomic mass is 16.5. The third-order valence-corrected chi connectivity index (χ3v) is 4.71. The average molecular weight is 352 g/mol. The highest BCUT2D eigenvalue weighted by Gasteiger charge is 2.10. The maximum atomic E-state index is 4.94. The molecule has 5 heteroatoms. The van der Waals surface area contributed by atoms with Gasteiger partial charge in [-0.15, -0.1) is 0 Å². The lowest BCUT2D eigenvalue weighted by molar-refractivity contribution is 0.198.